The molecule has 0 atom stereocenters. The molecule has 0 aliphatic carbocycles. The molecule has 0 bridgehead atoms. The first kappa shape index (κ1) is 15.6. The van der Waals surface area contributed by atoms with Gasteiger partial charge in [0.05, 0.1) is 16.5 Å². The summed E-state index contributed by atoms with van der Waals surface area (Å²) in [7, 11) is -3.14. The lowest BCUT2D eigenvalue weighted by Crippen LogP contribution is -1.96. The molecule has 0 fully saturated rings. The topological polar surface area (TPSA) is 57.9 Å². The SMILES string of the molecule is Cc1cc(C#N)ccc1CSc1ccc(S(C)(=O)=O)cc1. The molecule has 0 unspecified atom stereocenters. The molecule has 2 aromatic carbocycles. The van der Waals surface area contributed by atoms with Crippen molar-refractivity contribution >= 4 is 21.6 Å². The van der Waals surface area contributed by atoms with Crippen molar-refractivity contribution < 1.29 is 8.42 Å². The van der Waals surface area contributed by atoms with Crippen molar-refractivity contribution in [2.24, 2.45) is 0 Å². The van der Waals surface area contributed by atoms with E-state index in [0.717, 1.165) is 16.2 Å². The number of nitrogens with zero attached hydrogens (tertiary/aromatic N) is 1. The van der Waals surface area contributed by atoms with Crippen LogP contribution in [0.5, 0.6) is 0 Å². The minimum Gasteiger partial charge on any atom is -0.224 e. The van der Waals surface area contributed by atoms with E-state index in [-0.39, 0.29) is 0 Å². The molecule has 0 saturated carbocycles. The molecule has 0 heterocycles. The third-order valence-corrected chi connectivity index (χ3v) is 5.31. The van der Waals surface area contributed by atoms with Crippen LogP contribution >= 0.6 is 11.8 Å². The van der Waals surface area contributed by atoms with Gasteiger partial charge in [-0.05, 0) is 54.4 Å². The zero-order chi connectivity index (χ0) is 15.5. The summed E-state index contributed by atoms with van der Waals surface area (Å²) < 4.78 is 22.8. The molecular weight excluding hydrogens is 302 g/mol. The largest absolute Gasteiger partial charge is 0.224 e. The summed E-state index contributed by atoms with van der Waals surface area (Å²) in [6.07, 6.45) is 1.20. The summed E-state index contributed by atoms with van der Waals surface area (Å²) in [5.41, 5.74) is 2.93. The first-order chi connectivity index (χ1) is 9.90. The quantitative estimate of drug-likeness (QED) is 0.809. The van der Waals surface area contributed by atoms with E-state index in [9.17, 15) is 8.42 Å². The Kier molecular flexibility index (Phi) is 4.71. The van der Waals surface area contributed by atoms with Crippen molar-refractivity contribution in [1.29, 1.82) is 5.26 Å². The highest BCUT2D eigenvalue weighted by Crippen LogP contribution is 2.25. The minimum atomic E-state index is -3.14. The van der Waals surface area contributed by atoms with Gasteiger partial charge >= 0.3 is 0 Å². The van der Waals surface area contributed by atoms with Gasteiger partial charge < -0.3 is 0 Å². The molecule has 0 amide bonds. The lowest BCUT2D eigenvalue weighted by molar-refractivity contribution is 0.602. The fraction of sp³-hybridized carbons (Fsp3) is 0.188. The van der Waals surface area contributed by atoms with Crippen LogP contribution in [0.2, 0.25) is 0 Å². The van der Waals surface area contributed by atoms with Gasteiger partial charge in [0, 0.05) is 16.9 Å². The van der Waals surface area contributed by atoms with Crippen molar-refractivity contribution in [1.82, 2.24) is 0 Å². The molecule has 108 valence electrons. The third-order valence-electron chi connectivity index (χ3n) is 3.12. The molecule has 0 spiro atoms. The second kappa shape index (κ2) is 6.33. The molecule has 2 aromatic rings. The number of thioether (sulfide) groups is 1. The van der Waals surface area contributed by atoms with Gasteiger partial charge in [0.15, 0.2) is 9.84 Å². The number of nitriles is 1. The first-order valence-electron chi connectivity index (χ1n) is 6.33. The van der Waals surface area contributed by atoms with E-state index >= 15 is 0 Å². The second-order valence-corrected chi connectivity index (χ2v) is 7.85. The predicted molar refractivity (Wildman–Crippen MR) is 85.0 cm³/mol. The number of hydrogen-bond acceptors (Lipinski definition) is 4. The third kappa shape index (κ3) is 4.10. The monoisotopic (exact) mass is 317 g/mol. The first-order valence-corrected chi connectivity index (χ1v) is 9.20. The van der Waals surface area contributed by atoms with Crippen molar-refractivity contribution in [2.75, 3.05) is 6.26 Å². The summed E-state index contributed by atoms with van der Waals surface area (Å²) in [4.78, 5) is 1.35. The van der Waals surface area contributed by atoms with E-state index in [4.69, 9.17) is 5.26 Å². The average Bonchev–Trinajstić information content (AvgIpc) is 2.45. The molecule has 0 N–H and O–H groups in total. The molecule has 3 nitrogen and oxygen atoms in total. The van der Waals surface area contributed by atoms with Gasteiger partial charge in [-0.1, -0.05) is 6.07 Å². The Bertz CT molecular complexity index is 788. The van der Waals surface area contributed by atoms with Gasteiger partial charge in [-0.3, -0.25) is 0 Å². The summed E-state index contributed by atoms with van der Waals surface area (Å²) in [5.74, 6) is 0.787. The highest BCUT2D eigenvalue weighted by Gasteiger charge is 2.07. The van der Waals surface area contributed by atoms with Crippen LogP contribution in [0.1, 0.15) is 16.7 Å². The standard InChI is InChI=1S/C16H15NO2S2/c1-12-9-13(10-17)3-4-14(12)11-20-15-5-7-16(8-6-15)21(2,18)19/h3-9H,11H2,1-2H3. The number of hydrogen-bond donors (Lipinski definition) is 0. The van der Waals surface area contributed by atoms with Crippen LogP contribution in [0, 0.1) is 18.3 Å². The Hall–Kier alpha value is -1.77. The number of rotatable bonds is 4. The fourth-order valence-electron chi connectivity index (χ4n) is 1.87. The molecule has 0 aromatic heterocycles. The van der Waals surface area contributed by atoms with Crippen LogP contribution in [0.15, 0.2) is 52.3 Å². The Morgan fingerprint density at radius 1 is 1.14 bits per heavy atom. The maximum absolute atomic E-state index is 11.4. The lowest BCUT2D eigenvalue weighted by Gasteiger charge is -2.06. The maximum Gasteiger partial charge on any atom is 0.175 e. The summed E-state index contributed by atoms with van der Waals surface area (Å²) >= 11 is 1.64. The highest BCUT2D eigenvalue weighted by atomic mass is 32.2. The van der Waals surface area contributed by atoms with Crippen molar-refractivity contribution in [3.8, 4) is 6.07 Å². The predicted octanol–water partition coefficient (Wildman–Crippen LogP) is 3.56. The van der Waals surface area contributed by atoms with E-state index in [1.165, 1.54) is 11.8 Å². The van der Waals surface area contributed by atoms with Gasteiger partial charge in [0.25, 0.3) is 0 Å². The smallest absolute Gasteiger partial charge is 0.175 e. The van der Waals surface area contributed by atoms with E-state index in [0.29, 0.717) is 10.5 Å². The molecule has 2 rings (SSSR count). The summed E-state index contributed by atoms with van der Waals surface area (Å²) in [5, 5.41) is 8.85. The molecular formula is C16H15NO2S2. The summed E-state index contributed by atoms with van der Waals surface area (Å²) in [6.45, 7) is 1.99. The van der Waals surface area contributed by atoms with E-state index in [2.05, 4.69) is 6.07 Å². The second-order valence-electron chi connectivity index (χ2n) is 4.79. The fourth-order valence-corrected chi connectivity index (χ4v) is 3.48. The molecule has 0 radical (unpaired) electrons. The maximum atomic E-state index is 11.4. The van der Waals surface area contributed by atoms with Crippen molar-refractivity contribution in [2.45, 2.75) is 22.5 Å². The Balaban J connectivity index is 2.09. The zero-order valence-electron chi connectivity index (χ0n) is 11.8. The minimum absolute atomic E-state index is 0.335. The van der Waals surface area contributed by atoms with Crippen molar-refractivity contribution in [3.05, 3.63) is 59.2 Å². The lowest BCUT2D eigenvalue weighted by atomic mass is 10.1. The van der Waals surface area contributed by atoms with Crippen LogP contribution in [-0.2, 0) is 15.6 Å². The van der Waals surface area contributed by atoms with Gasteiger partial charge in [-0.25, -0.2) is 8.42 Å². The van der Waals surface area contributed by atoms with Crippen LogP contribution in [0.25, 0.3) is 0 Å². The van der Waals surface area contributed by atoms with Gasteiger partial charge in [0.2, 0.25) is 0 Å². The Morgan fingerprint density at radius 3 is 2.33 bits per heavy atom. The van der Waals surface area contributed by atoms with Crippen LogP contribution in [-0.4, -0.2) is 14.7 Å². The highest BCUT2D eigenvalue weighted by molar-refractivity contribution is 7.98. The van der Waals surface area contributed by atoms with Gasteiger partial charge in [-0.15, -0.1) is 11.8 Å². The zero-order valence-corrected chi connectivity index (χ0v) is 13.5. The number of sulfone groups is 1. The molecule has 0 aliphatic rings. The van der Waals surface area contributed by atoms with E-state index in [1.807, 2.05) is 37.3 Å². The molecule has 5 heteroatoms. The van der Waals surface area contributed by atoms with E-state index in [1.54, 1.807) is 23.9 Å². The summed E-state index contributed by atoms with van der Waals surface area (Å²) in [6, 6.07) is 14.7. The Morgan fingerprint density at radius 2 is 1.81 bits per heavy atom. The van der Waals surface area contributed by atoms with Crippen molar-refractivity contribution in [3.63, 3.8) is 0 Å². The number of benzene rings is 2. The van der Waals surface area contributed by atoms with Crippen LogP contribution in [0.3, 0.4) is 0 Å². The van der Waals surface area contributed by atoms with Gasteiger partial charge in [0.1, 0.15) is 0 Å². The van der Waals surface area contributed by atoms with E-state index < -0.39 is 9.84 Å². The normalized spacial score (nSPS) is 11.1. The number of aryl methyl sites for hydroxylation is 1. The van der Waals surface area contributed by atoms with Crippen LogP contribution < -0.4 is 0 Å². The van der Waals surface area contributed by atoms with Gasteiger partial charge in [-0.2, -0.15) is 5.26 Å². The molecule has 0 aliphatic heterocycles. The van der Waals surface area contributed by atoms with Crippen LogP contribution in [0.4, 0.5) is 0 Å². The molecule has 0 saturated heterocycles. The molecule has 21 heavy (non-hydrogen) atoms. The average molecular weight is 317 g/mol. The Labute approximate surface area is 129 Å².